The van der Waals surface area contributed by atoms with E-state index in [1.165, 1.54) is 5.56 Å². The first-order chi connectivity index (χ1) is 9.76. The number of aryl methyl sites for hydroxylation is 1. The van der Waals surface area contributed by atoms with Gasteiger partial charge in [0, 0.05) is 11.1 Å². The van der Waals surface area contributed by atoms with Gasteiger partial charge in [-0.1, -0.05) is 17.7 Å². The first-order valence-corrected chi connectivity index (χ1v) is 6.43. The minimum absolute atomic E-state index is 0.635. The second-order valence-corrected chi connectivity index (χ2v) is 4.62. The zero-order chi connectivity index (χ0) is 13.9. The predicted octanol–water partition coefficient (Wildman–Crippen LogP) is 4.33. The molecular formula is C17H15NO2. The smallest absolute Gasteiger partial charge is 0.226 e. The van der Waals surface area contributed by atoms with Crippen LogP contribution in [0.25, 0.3) is 22.8 Å². The summed E-state index contributed by atoms with van der Waals surface area (Å²) in [6.45, 7) is 2.06. The van der Waals surface area contributed by atoms with Crippen molar-refractivity contribution in [2.75, 3.05) is 7.11 Å². The van der Waals surface area contributed by atoms with Gasteiger partial charge in [-0.25, -0.2) is 4.98 Å². The Hall–Kier alpha value is -2.55. The van der Waals surface area contributed by atoms with Crippen LogP contribution >= 0.6 is 0 Å². The van der Waals surface area contributed by atoms with E-state index < -0.39 is 0 Å². The second-order valence-electron chi connectivity index (χ2n) is 4.62. The molecule has 0 amide bonds. The van der Waals surface area contributed by atoms with Gasteiger partial charge in [-0.3, -0.25) is 0 Å². The molecule has 0 saturated heterocycles. The van der Waals surface area contributed by atoms with Crippen LogP contribution in [0, 0.1) is 6.92 Å². The van der Waals surface area contributed by atoms with Crippen molar-refractivity contribution in [2.24, 2.45) is 0 Å². The third-order valence-corrected chi connectivity index (χ3v) is 3.18. The number of nitrogens with zero attached hydrogens (tertiary/aromatic N) is 1. The summed E-state index contributed by atoms with van der Waals surface area (Å²) in [5.74, 6) is 2.21. The van der Waals surface area contributed by atoms with E-state index in [4.69, 9.17) is 9.15 Å². The van der Waals surface area contributed by atoms with Crippen LogP contribution in [-0.4, -0.2) is 12.1 Å². The lowest BCUT2D eigenvalue weighted by Gasteiger charge is -2.00. The maximum absolute atomic E-state index is 5.82. The summed E-state index contributed by atoms with van der Waals surface area (Å²) >= 11 is 0. The molecule has 1 heterocycles. The molecular weight excluding hydrogens is 250 g/mol. The van der Waals surface area contributed by atoms with E-state index >= 15 is 0 Å². The van der Waals surface area contributed by atoms with Gasteiger partial charge in [0.25, 0.3) is 0 Å². The Morgan fingerprint density at radius 2 is 1.55 bits per heavy atom. The van der Waals surface area contributed by atoms with Crippen LogP contribution in [0.15, 0.2) is 59.1 Å². The molecule has 0 radical (unpaired) electrons. The molecule has 0 aliphatic rings. The number of benzene rings is 2. The van der Waals surface area contributed by atoms with Gasteiger partial charge in [0.1, 0.15) is 5.75 Å². The van der Waals surface area contributed by atoms with Crippen molar-refractivity contribution in [3.63, 3.8) is 0 Å². The summed E-state index contributed by atoms with van der Waals surface area (Å²) in [5.41, 5.74) is 3.18. The highest BCUT2D eigenvalue weighted by Crippen LogP contribution is 2.27. The van der Waals surface area contributed by atoms with Gasteiger partial charge < -0.3 is 9.15 Å². The van der Waals surface area contributed by atoms with Gasteiger partial charge in [-0.2, -0.15) is 0 Å². The third kappa shape index (κ3) is 2.43. The van der Waals surface area contributed by atoms with Crippen molar-refractivity contribution in [1.82, 2.24) is 4.98 Å². The fourth-order valence-corrected chi connectivity index (χ4v) is 1.99. The Labute approximate surface area is 117 Å². The van der Waals surface area contributed by atoms with Gasteiger partial charge >= 0.3 is 0 Å². The molecule has 0 atom stereocenters. The average molecular weight is 265 g/mol. The van der Waals surface area contributed by atoms with Crippen molar-refractivity contribution in [1.29, 1.82) is 0 Å². The Morgan fingerprint density at radius 3 is 2.20 bits per heavy atom. The van der Waals surface area contributed by atoms with E-state index in [-0.39, 0.29) is 0 Å². The molecule has 0 N–H and O–H groups in total. The maximum Gasteiger partial charge on any atom is 0.226 e. The molecule has 3 heteroatoms. The van der Waals surface area contributed by atoms with E-state index in [0.29, 0.717) is 5.89 Å². The van der Waals surface area contributed by atoms with E-state index in [1.807, 2.05) is 48.5 Å². The number of oxazole rings is 1. The summed E-state index contributed by atoms with van der Waals surface area (Å²) in [7, 11) is 1.65. The number of rotatable bonds is 3. The molecule has 0 saturated carbocycles. The molecule has 3 rings (SSSR count). The second kappa shape index (κ2) is 5.21. The molecule has 0 unspecified atom stereocenters. The van der Waals surface area contributed by atoms with Crippen LogP contribution in [0.5, 0.6) is 5.75 Å². The SMILES string of the molecule is COc1ccc(-c2cnc(-c3ccc(C)cc3)o2)cc1. The normalized spacial score (nSPS) is 10.5. The number of methoxy groups -OCH3 is 1. The molecule has 3 nitrogen and oxygen atoms in total. The Morgan fingerprint density at radius 1 is 0.900 bits per heavy atom. The Bertz CT molecular complexity index is 697. The maximum atomic E-state index is 5.82. The molecule has 0 bridgehead atoms. The fraction of sp³-hybridized carbons (Fsp3) is 0.118. The van der Waals surface area contributed by atoms with E-state index in [0.717, 1.165) is 22.6 Å². The highest BCUT2D eigenvalue weighted by Gasteiger charge is 2.08. The van der Waals surface area contributed by atoms with Crippen molar-refractivity contribution in [3.8, 4) is 28.5 Å². The molecule has 0 aliphatic heterocycles. The zero-order valence-corrected chi connectivity index (χ0v) is 11.5. The van der Waals surface area contributed by atoms with Gasteiger partial charge in [0.05, 0.1) is 13.3 Å². The van der Waals surface area contributed by atoms with Gasteiger partial charge in [-0.05, 0) is 43.3 Å². The fourth-order valence-electron chi connectivity index (χ4n) is 1.99. The minimum Gasteiger partial charge on any atom is -0.497 e. The third-order valence-electron chi connectivity index (χ3n) is 3.18. The van der Waals surface area contributed by atoms with E-state index in [9.17, 15) is 0 Å². The highest BCUT2D eigenvalue weighted by atomic mass is 16.5. The van der Waals surface area contributed by atoms with Crippen molar-refractivity contribution in [2.45, 2.75) is 6.92 Å². The molecule has 1 aromatic heterocycles. The van der Waals surface area contributed by atoms with Crippen LogP contribution < -0.4 is 4.74 Å². The lowest BCUT2D eigenvalue weighted by atomic mass is 10.1. The molecule has 20 heavy (non-hydrogen) atoms. The van der Waals surface area contributed by atoms with Crippen LogP contribution in [0.3, 0.4) is 0 Å². The van der Waals surface area contributed by atoms with E-state index in [2.05, 4.69) is 11.9 Å². The lowest BCUT2D eigenvalue weighted by Crippen LogP contribution is -1.81. The molecule has 2 aromatic carbocycles. The first-order valence-electron chi connectivity index (χ1n) is 6.43. The standard InChI is InChI=1S/C17H15NO2/c1-12-3-5-14(6-4-12)17-18-11-16(20-17)13-7-9-15(19-2)10-8-13/h3-11H,1-2H3. The molecule has 0 fully saturated rings. The Kier molecular flexibility index (Phi) is 3.25. The summed E-state index contributed by atoms with van der Waals surface area (Å²) in [6, 6.07) is 15.8. The van der Waals surface area contributed by atoms with Crippen LogP contribution in [0.4, 0.5) is 0 Å². The highest BCUT2D eigenvalue weighted by molar-refractivity contribution is 5.61. The molecule has 0 spiro atoms. The van der Waals surface area contributed by atoms with Crippen LogP contribution in [0.2, 0.25) is 0 Å². The molecule has 0 aliphatic carbocycles. The quantitative estimate of drug-likeness (QED) is 0.707. The lowest BCUT2D eigenvalue weighted by molar-refractivity contribution is 0.415. The summed E-state index contributed by atoms with van der Waals surface area (Å²) < 4.78 is 11.0. The van der Waals surface area contributed by atoms with Crippen LogP contribution in [0.1, 0.15) is 5.56 Å². The summed E-state index contributed by atoms with van der Waals surface area (Å²) in [6.07, 6.45) is 1.75. The zero-order valence-electron chi connectivity index (χ0n) is 11.5. The van der Waals surface area contributed by atoms with Crippen molar-refractivity contribution in [3.05, 3.63) is 60.3 Å². The minimum atomic E-state index is 0.635. The topological polar surface area (TPSA) is 35.3 Å². The predicted molar refractivity (Wildman–Crippen MR) is 78.7 cm³/mol. The molecule has 3 aromatic rings. The van der Waals surface area contributed by atoms with Crippen LogP contribution in [-0.2, 0) is 0 Å². The number of ether oxygens (including phenoxy) is 1. The summed E-state index contributed by atoms with van der Waals surface area (Å²) in [4.78, 5) is 4.34. The Balaban J connectivity index is 1.91. The van der Waals surface area contributed by atoms with E-state index in [1.54, 1.807) is 13.3 Å². The van der Waals surface area contributed by atoms with Gasteiger partial charge in [0.15, 0.2) is 5.76 Å². The number of hydrogen-bond donors (Lipinski definition) is 0. The first kappa shape index (κ1) is 12.5. The van der Waals surface area contributed by atoms with Crippen molar-refractivity contribution < 1.29 is 9.15 Å². The van der Waals surface area contributed by atoms with Crippen molar-refractivity contribution >= 4 is 0 Å². The summed E-state index contributed by atoms with van der Waals surface area (Å²) in [5, 5.41) is 0. The number of hydrogen-bond acceptors (Lipinski definition) is 3. The number of aromatic nitrogens is 1. The molecule has 100 valence electrons. The largest absolute Gasteiger partial charge is 0.497 e. The average Bonchev–Trinajstić information content (AvgIpc) is 2.98. The van der Waals surface area contributed by atoms with Gasteiger partial charge in [-0.15, -0.1) is 0 Å². The monoisotopic (exact) mass is 265 g/mol. The van der Waals surface area contributed by atoms with Gasteiger partial charge in [0.2, 0.25) is 5.89 Å².